The number of barbiturate groups is 1. The minimum Gasteiger partial charge on any atom is -0.277 e. The number of benzene rings is 1. The fraction of sp³-hybridized carbons (Fsp3) is 0.250. The van der Waals surface area contributed by atoms with Crippen molar-refractivity contribution >= 4 is 17.8 Å². The van der Waals surface area contributed by atoms with Crippen LogP contribution < -0.4 is 5.32 Å². The Kier molecular flexibility index (Phi) is 2.91. The van der Waals surface area contributed by atoms with E-state index in [0.29, 0.717) is 0 Å². The first-order chi connectivity index (χ1) is 8.06. The number of nitrogens with one attached hydrogen (secondary N) is 1. The van der Waals surface area contributed by atoms with Crippen LogP contribution in [0.3, 0.4) is 0 Å². The highest BCUT2D eigenvalue weighted by atomic mass is 16.2. The third-order valence-electron chi connectivity index (χ3n) is 2.53. The number of nitrogens with zero attached hydrogens (tertiary/aromatic N) is 1. The van der Waals surface area contributed by atoms with E-state index in [4.69, 9.17) is 0 Å². The lowest BCUT2D eigenvalue weighted by Gasteiger charge is -2.24. The van der Waals surface area contributed by atoms with Gasteiger partial charge in [0, 0.05) is 0 Å². The SMILES string of the molecule is Cc1cccc(CN2C(=O)CC(=O)NC2=O)c1. The van der Waals surface area contributed by atoms with Crippen molar-refractivity contribution in [1.29, 1.82) is 0 Å². The molecule has 1 aromatic rings. The van der Waals surface area contributed by atoms with Crippen LogP contribution in [0.4, 0.5) is 4.79 Å². The van der Waals surface area contributed by atoms with E-state index in [-0.39, 0.29) is 13.0 Å². The zero-order chi connectivity index (χ0) is 12.4. The van der Waals surface area contributed by atoms with Gasteiger partial charge in [0.2, 0.25) is 11.8 Å². The Hall–Kier alpha value is -2.17. The summed E-state index contributed by atoms with van der Waals surface area (Å²) in [7, 11) is 0. The second kappa shape index (κ2) is 4.37. The first-order valence-corrected chi connectivity index (χ1v) is 5.26. The second-order valence-corrected chi connectivity index (χ2v) is 4.00. The van der Waals surface area contributed by atoms with Gasteiger partial charge in [-0.05, 0) is 12.5 Å². The summed E-state index contributed by atoms with van der Waals surface area (Å²) in [6.45, 7) is 2.13. The molecule has 0 saturated carbocycles. The summed E-state index contributed by atoms with van der Waals surface area (Å²) >= 11 is 0. The molecular formula is C12H12N2O3. The maximum absolute atomic E-state index is 11.5. The van der Waals surface area contributed by atoms with Crippen molar-refractivity contribution in [1.82, 2.24) is 10.2 Å². The van der Waals surface area contributed by atoms with E-state index in [1.807, 2.05) is 31.2 Å². The molecule has 0 radical (unpaired) electrons. The molecule has 0 unspecified atom stereocenters. The van der Waals surface area contributed by atoms with Crippen LogP contribution in [-0.2, 0) is 16.1 Å². The van der Waals surface area contributed by atoms with Gasteiger partial charge in [-0.3, -0.25) is 19.8 Å². The van der Waals surface area contributed by atoms with E-state index in [1.54, 1.807) is 0 Å². The molecule has 5 nitrogen and oxygen atoms in total. The fourth-order valence-corrected chi connectivity index (χ4v) is 1.73. The number of aryl methyl sites for hydroxylation is 1. The van der Waals surface area contributed by atoms with Gasteiger partial charge in [0.1, 0.15) is 6.42 Å². The Bertz CT molecular complexity index is 476. The average Bonchev–Trinajstić information content (AvgIpc) is 2.23. The van der Waals surface area contributed by atoms with Crippen LogP contribution in [0.15, 0.2) is 24.3 Å². The van der Waals surface area contributed by atoms with E-state index < -0.39 is 17.8 Å². The van der Waals surface area contributed by atoms with Gasteiger partial charge < -0.3 is 0 Å². The molecule has 1 N–H and O–H groups in total. The molecule has 2 rings (SSSR count). The maximum atomic E-state index is 11.5. The molecule has 88 valence electrons. The van der Waals surface area contributed by atoms with E-state index in [2.05, 4.69) is 5.32 Å². The van der Waals surface area contributed by atoms with Crippen LogP contribution in [0, 0.1) is 6.92 Å². The molecule has 0 aliphatic carbocycles. The molecule has 1 aliphatic heterocycles. The zero-order valence-corrected chi connectivity index (χ0v) is 9.40. The summed E-state index contributed by atoms with van der Waals surface area (Å²) in [5, 5.41) is 2.12. The molecule has 4 amide bonds. The molecule has 17 heavy (non-hydrogen) atoms. The average molecular weight is 232 g/mol. The first-order valence-electron chi connectivity index (χ1n) is 5.26. The molecule has 0 aromatic heterocycles. The van der Waals surface area contributed by atoms with E-state index >= 15 is 0 Å². The van der Waals surface area contributed by atoms with Gasteiger partial charge in [0.25, 0.3) is 0 Å². The molecule has 5 heteroatoms. The standard InChI is InChI=1S/C12H12N2O3/c1-8-3-2-4-9(5-8)7-14-11(16)6-10(15)13-12(14)17/h2-5H,6-7H2,1H3,(H,13,15,17). The lowest BCUT2D eigenvalue weighted by molar-refractivity contribution is -0.136. The van der Waals surface area contributed by atoms with E-state index in [1.165, 1.54) is 0 Å². The van der Waals surface area contributed by atoms with Crippen LogP contribution in [-0.4, -0.2) is 22.7 Å². The summed E-state index contributed by atoms with van der Waals surface area (Å²) in [5.74, 6) is -0.999. The molecular weight excluding hydrogens is 220 g/mol. The first kappa shape index (κ1) is 11.3. The summed E-state index contributed by atoms with van der Waals surface area (Å²) in [6, 6.07) is 6.89. The topological polar surface area (TPSA) is 66.5 Å². The normalized spacial score (nSPS) is 16.1. The van der Waals surface area contributed by atoms with Crippen molar-refractivity contribution in [3.63, 3.8) is 0 Å². The largest absolute Gasteiger partial charge is 0.331 e. The summed E-state index contributed by atoms with van der Waals surface area (Å²) in [4.78, 5) is 35.0. The van der Waals surface area contributed by atoms with Crippen LogP contribution in [0.5, 0.6) is 0 Å². The quantitative estimate of drug-likeness (QED) is 0.772. The van der Waals surface area contributed by atoms with Gasteiger partial charge >= 0.3 is 6.03 Å². The third-order valence-corrected chi connectivity index (χ3v) is 2.53. The van der Waals surface area contributed by atoms with Crippen LogP contribution in [0.1, 0.15) is 17.5 Å². The number of carbonyl (C=O) groups is 3. The van der Waals surface area contributed by atoms with Gasteiger partial charge in [-0.15, -0.1) is 0 Å². The molecule has 1 aromatic carbocycles. The Balaban J connectivity index is 2.15. The van der Waals surface area contributed by atoms with Gasteiger partial charge in [0.05, 0.1) is 6.54 Å². The van der Waals surface area contributed by atoms with Crippen LogP contribution in [0.2, 0.25) is 0 Å². The van der Waals surface area contributed by atoms with Crippen LogP contribution in [0.25, 0.3) is 0 Å². The summed E-state index contributed by atoms with van der Waals surface area (Å²) in [5.41, 5.74) is 1.92. The molecule has 0 bridgehead atoms. The van der Waals surface area contributed by atoms with E-state index in [9.17, 15) is 14.4 Å². The molecule has 1 saturated heterocycles. The molecule has 1 heterocycles. The number of carbonyl (C=O) groups excluding carboxylic acids is 3. The molecule has 0 spiro atoms. The van der Waals surface area contributed by atoms with Gasteiger partial charge in [-0.2, -0.15) is 0 Å². The number of hydrogen-bond donors (Lipinski definition) is 1. The Morgan fingerprint density at radius 1 is 1.29 bits per heavy atom. The minimum absolute atomic E-state index is 0.194. The van der Waals surface area contributed by atoms with Gasteiger partial charge in [0.15, 0.2) is 0 Å². The monoisotopic (exact) mass is 232 g/mol. The molecule has 1 fully saturated rings. The smallest absolute Gasteiger partial charge is 0.277 e. The Morgan fingerprint density at radius 2 is 2.06 bits per heavy atom. The summed E-state index contributed by atoms with van der Waals surface area (Å²) < 4.78 is 0. The van der Waals surface area contributed by atoms with Gasteiger partial charge in [-0.1, -0.05) is 29.8 Å². The predicted molar refractivity (Wildman–Crippen MR) is 59.9 cm³/mol. The maximum Gasteiger partial charge on any atom is 0.331 e. The zero-order valence-electron chi connectivity index (χ0n) is 9.40. The van der Waals surface area contributed by atoms with Crippen molar-refractivity contribution in [2.75, 3.05) is 0 Å². The van der Waals surface area contributed by atoms with Crippen molar-refractivity contribution in [3.05, 3.63) is 35.4 Å². The lowest BCUT2D eigenvalue weighted by Crippen LogP contribution is -2.52. The second-order valence-electron chi connectivity index (χ2n) is 4.00. The number of imide groups is 2. The molecule has 0 atom stereocenters. The lowest BCUT2D eigenvalue weighted by atomic mass is 10.1. The van der Waals surface area contributed by atoms with Gasteiger partial charge in [-0.25, -0.2) is 4.79 Å². The van der Waals surface area contributed by atoms with Crippen LogP contribution >= 0.6 is 0 Å². The number of hydrogen-bond acceptors (Lipinski definition) is 3. The highest BCUT2D eigenvalue weighted by Crippen LogP contribution is 2.11. The third kappa shape index (κ3) is 2.50. The van der Waals surface area contributed by atoms with Crippen molar-refractivity contribution < 1.29 is 14.4 Å². The van der Waals surface area contributed by atoms with E-state index in [0.717, 1.165) is 16.0 Å². The molecule has 1 aliphatic rings. The summed E-state index contributed by atoms with van der Waals surface area (Å²) in [6.07, 6.45) is -0.266. The van der Waals surface area contributed by atoms with Crippen molar-refractivity contribution in [2.45, 2.75) is 19.9 Å². The number of amides is 4. The predicted octanol–water partition coefficient (Wildman–Crippen LogP) is 0.964. The fourth-order valence-electron chi connectivity index (χ4n) is 1.73. The highest BCUT2D eigenvalue weighted by Gasteiger charge is 2.30. The van der Waals surface area contributed by atoms with Crippen molar-refractivity contribution in [3.8, 4) is 0 Å². The highest BCUT2D eigenvalue weighted by molar-refractivity contribution is 6.13. The minimum atomic E-state index is -0.646. The Morgan fingerprint density at radius 3 is 2.71 bits per heavy atom. The Labute approximate surface area is 98.4 Å². The number of urea groups is 1. The van der Waals surface area contributed by atoms with Crippen molar-refractivity contribution in [2.24, 2.45) is 0 Å². The number of rotatable bonds is 2.